The second-order valence-electron chi connectivity index (χ2n) is 6.68. The van der Waals surface area contributed by atoms with Gasteiger partial charge in [0.2, 0.25) is 5.91 Å². The highest BCUT2D eigenvalue weighted by Crippen LogP contribution is 2.19. The zero-order valence-electron chi connectivity index (χ0n) is 14.4. The maximum atomic E-state index is 10.6. The summed E-state index contributed by atoms with van der Waals surface area (Å²) in [6.45, 7) is 10.1. The molecule has 0 atom stereocenters. The van der Waals surface area contributed by atoms with Gasteiger partial charge in [0.05, 0.1) is 17.8 Å². The molecule has 5 heteroatoms. The van der Waals surface area contributed by atoms with Crippen LogP contribution in [0.25, 0.3) is 0 Å². The fourth-order valence-corrected chi connectivity index (χ4v) is 1.76. The summed E-state index contributed by atoms with van der Waals surface area (Å²) < 4.78 is 16.9. The Balaban J connectivity index is 3.79. The molecule has 21 heavy (non-hydrogen) atoms. The molecule has 0 aliphatic rings. The van der Waals surface area contributed by atoms with Crippen molar-refractivity contribution in [3.63, 3.8) is 0 Å². The zero-order valence-corrected chi connectivity index (χ0v) is 14.4. The van der Waals surface area contributed by atoms with Crippen molar-refractivity contribution >= 4 is 5.91 Å². The summed E-state index contributed by atoms with van der Waals surface area (Å²) in [5.41, 5.74) is 4.57. The number of primary amides is 1. The largest absolute Gasteiger partial charge is 0.385 e. The Kier molecular flexibility index (Phi) is 9.83. The minimum Gasteiger partial charge on any atom is -0.385 e. The molecule has 0 aliphatic heterocycles. The summed E-state index contributed by atoms with van der Waals surface area (Å²) >= 11 is 0. The van der Waals surface area contributed by atoms with E-state index in [1.807, 2.05) is 13.8 Å². The van der Waals surface area contributed by atoms with Crippen LogP contribution in [0.5, 0.6) is 0 Å². The number of amides is 1. The number of ether oxygens (including phenoxy) is 3. The maximum Gasteiger partial charge on any atom is 0.217 e. The minimum atomic E-state index is -0.311. The van der Waals surface area contributed by atoms with Gasteiger partial charge in [-0.3, -0.25) is 4.79 Å². The lowest BCUT2D eigenvalue weighted by molar-refractivity contribution is -0.126. The highest BCUT2D eigenvalue weighted by molar-refractivity contribution is 5.73. The second-order valence-corrected chi connectivity index (χ2v) is 6.68. The number of unbranched alkanes of at least 4 members (excludes halogenated alkanes) is 2. The fraction of sp³-hybridized carbons (Fsp3) is 0.938. The van der Waals surface area contributed by atoms with Crippen LogP contribution < -0.4 is 5.73 Å². The summed E-state index contributed by atoms with van der Waals surface area (Å²) in [6, 6.07) is 0. The van der Waals surface area contributed by atoms with Gasteiger partial charge in [-0.25, -0.2) is 0 Å². The zero-order chi connectivity index (χ0) is 16.4. The Hall–Kier alpha value is -0.650. The average Bonchev–Trinajstić information content (AvgIpc) is 2.38. The molecule has 0 unspecified atom stereocenters. The van der Waals surface area contributed by atoms with Gasteiger partial charge in [0, 0.05) is 26.7 Å². The molecule has 5 nitrogen and oxygen atoms in total. The number of methoxy groups -OCH3 is 1. The molecule has 0 aliphatic carbocycles. The van der Waals surface area contributed by atoms with Crippen molar-refractivity contribution < 1.29 is 19.0 Å². The highest BCUT2D eigenvalue weighted by Gasteiger charge is 2.25. The molecular formula is C16H33NO4. The summed E-state index contributed by atoms with van der Waals surface area (Å²) in [5.74, 6) is -0.233. The summed E-state index contributed by atoms with van der Waals surface area (Å²) in [6.07, 6.45) is 4.04. The Morgan fingerprint density at radius 2 is 1.62 bits per heavy atom. The molecule has 0 bridgehead atoms. The number of hydrogen-bond acceptors (Lipinski definition) is 4. The number of carbonyl (C=O) groups is 1. The molecule has 0 aromatic heterocycles. The first kappa shape index (κ1) is 20.3. The van der Waals surface area contributed by atoms with Crippen LogP contribution >= 0.6 is 0 Å². The van der Waals surface area contributed by atoms with Crippen molar-refractivity contribution in [3.8, 4) is 0 Å². The van der Waals surface area contributed by atoms with E-state index in [9.17, 15) is 4.79 Å². The van der Waals surface area contributed by atoms with Crippen LogP contribution in [0, 0.1) is 0 Å². The first-order valence-electron chi connectivity index (χ1n) is 7.74. The molecule has 1 amide bonds. The molecule has 0 saturated carbocycles. The van der Waals surface area contributed by atoms with Crippen molar-refractivity contribution in [3.05, 3.63) is 0 Å². The van der Waals surface area contributed by atoms with Crippen LogP contribution in [0.3, 0.4) is 0 Å². The first-order chi connectivity index (χ1) is 9.68. The van der Waals surface area contributed by atoms with Crippen LogP contribution in [0.2, 0.25) is 0 Å². The molecule has 0 aromatic carbocycles. The van der Waals surface area contributed by atoms with Gasteiger partial charge in [0.15, 0.2) is 0 Å². The van der Waals surface area contributed by atoms with E-state index in [0.29, 0.717) is 26.2 Å². The number of nitrogens with two attached hydrogens (primary N) is 1. The summed E-state index contributed by atoms with van der Waals surface area (Å²) in [4.78, 5) is 10.6. The van der Waals surface area contributed by atoms with Crippen molar-refractivity contribution in [2.24, 2.45) is 5.73 Å². The minimum absolute atomic E-state index is 0.210. The molecule has 0 fully saturated rings. The lowest BCUT2D eigenvalue weighted by Gasteiger charge is -2.32. The van der Waals surface area contributed by atoms with Crippen LogP contribution in [-0.2, 0) is 19.0 Å². The predicted molar refractivity (Wildman–Crippen MR) is 84.2 cm³/mol. The van der Waals surface area contributed by atoms with Gasteiger partial charge in [0.1, 0.15) is 0 Å². The third-order valence-electron chi connectivity index (χ3n) is 3.28. The van der Waals surface area contributed by atoms with Crippen LogP contribution in [0.4, 0.5) is 0 Å². The van der Waals surface area contributed by atoms with Gasteiger partial charge >= 0.3 is 0 Å². The Morgan fingerprint density at radius 1 is 0.952 bits per heavy atom. The molecule has 2 N–H and O–H groups in total. The average molecular weight is 303 g/mol. The Morgan fingerprint density at radius 3 is 2.19 bits per heavy atom. The molecule has 0 saturated heterocycles. The molecule has 0 aromatic rings. The summed E-state index contributed by atoms with van der Waals surface area (Å²) in [7, 11) is 1.70. The lowest BCUT2D eigenvalue weighted by atomic mass is 10.0. The third-order valence-corrected chi connectivity index (χ3v) is 3.28. The number of hydrogen-bond donors (Lipinski definition) is 1. The van der Waals surface area contributed by atoms with E-state index in [1.54, 1.807) is 7.11 Å². The van der Waals surface area contributed by atoms with Crippen molar-refractivity contribution in [2.45, 2.75) is 71.0 Å². The van der Waals surface area contributed by atoms with Crippen LogP contribution in [0.15, 0.2) is 0 Å². The Bertz CT molecular complexity index is 290. The molecule has 0 spiro atoms. The van der Waals surface area contributed by atoms with Gasteiger partial charge < -0.3 is 19.9 Å². The SMILES string of the molecule is COCCC(C)(C)OCC(C)(C)OCCCCCC(N)=O. The van der Waals surface area contributed by atoms with Gasteiger partial charge in [-0.05, 0) is 47.0 Å². The molecule has 126 valence electrons. The van der Waals surface area contributed by atoms with Crippen molar-refractivity contribution in [1.29, 1.82) is 0 Å². The molecule has 0 heterocycles. The highest BCUT2D eigenvalue weighted by atomic mass is 16.6. The lowest BCUT2D eigenvalue weighted by Crippen LogP contribution is -2.37. The van der Waals surface area contributed by atoms with Gasteiger partial charge in [0.25, 0.3) is 0 Å². The van der Waals surface area contributed by atoms with Crippen LogP contribution in [0.1, 0.15) is 59.8 Å². The van der Waals surface area contributed by atoms with E-state index in [4.69, 9.17) is 19.9 Å². The van der Waals surface area contributed by atoms with Gasteiger partial charge in [-0.1, -0.05) is 6.42 Å². The molecule has 0 rings (SSSR count). The standard InChI is InChI=1S/C16H33NO4/c1-15(2,10-12-19-5)21-13-16(3,4)20-11-8-6-7-9-14(17)18/h6-13H2,1-5H3,(H2,17,18). The van der Waals surface area contributed by atoms with Gasteiger partial charge in [-0.2, -0.15) is 0 Å². The normalized spacial score (nSPS) is 12.6. The van der Waals surface area contributed by atoms with Gasteiger partial charge in [-0.15, -0.1) is 0 Å². The number of rotatable bonds is 13. The molecule has 0 radical (unpaired) electrons. The van der Waals surface area contributed by atoms with E-state index in [1.165, 1.54) is 0 Å². The first-order valence-corrected chi connectivity index (χ1v) is 7.74. The van der Waals surface area contributed by atoms with E-state index < -0.39 is 0 Å². The maximum absolute atomic E-state index is 10.6. The summed E-state index contributed by atoms with van der Waals surface area (Å²) in [5, 5.41) is 0. The van der Waals surface area contributed by atoms with Crippen molar-refractivity contribution in [2.75, 3.05) is 26.9 Å². The van der Waals surface area contributed by atoms with E-state index in [2.05, 4.69) is 13.8 Å². The smallest absolute Gasteiger partial charge is 0.217 e. The fourth-order valence-electron chi connectivity index (χ4n) is 1.76. The monoisotopic (exact) mass is 303 g/mol. The Labute approximate surface area is 129 Å². The van der Waals surface area contributed by atoms with Crippen molar-refractivity contribution in [1.82, 2.24) is 0 Å². The predicted octanol–water partition coefficient (Wildman–Crippen LogP) is 2.66. The number of carbonyl (C=O) groups excluding carboxylic acids is 1. The van der Waals surface area contributed by atoms with E-state index in [0.717, 1.165) is 25.7 Å². The quantitative estimate of drug-likeness (QED) is 0.531. The second kappa shape index (κ2) is 10.1. The van der Waals surface area contributed by atoms with E-state index >= 15 is 0 Å². The van der Waals surface area contributed by atoms with Crippen LogP contribution in [-0.4, -0.2) is 44.0 Å². The molecular weight excluding hydrogens is 270 g/mol. The topological polar surface area (TPSA) is 70.8 Å². The third kappa shape index (κ3) is 12.8. The van der Waals surface area contributed by atoms with E-state index in [-0.39, 0.29) is 17.1 Å².